The molecule has 0 aromatic carbocycles. The van der Waals surface area contributed by atoms with Crippen LogP contribution in [0.15, 0.2) is 6.07 Å². The standard InChI is InChI=1S/C16H21N3O4/c1-5-7-18-14(21)15(22)19(16(18)23)9-13(20)12-8-10(3)17(6-2)11(12)4/h8H,5-7,9H2,1-4H3. The summed E-state index contributed by atoms with van der Waals surface area (Å²) in [6.07, 6.45) is 0.560. The third-order valence-electron chi connectivity index (χ3n) is 4.07. The molecule has 0 saturated carbocycles. The van der Waals surface area contributed by atoms with E-state index in [1.165, 1.54) is 0 Å². The predicted octanol–water partition coefficient (Wildman–Crippen LogP) is 1.51. The monoisotopic (exact) mass is 319 g/mol. The number of hydrogen-bond acceptors (Lipinski definition) is 4. The maximum absolute atomic E-state index is 12.5. The molecule has 0 radical (unpaired) electrons. The fourth-order valence-electron chi connectivity index (χ4n) is 2.91. The summed E-state index contributed by atoms with van der Waals surface area (Å²) in [6.45, 7) is 8.00. The molecule has 1 fully saturated rings. The molecule has 0 N–H and O–H groups in total. The Kier molecular flexibility index (Phi) is 4.68. The number of aryl methyl sites for hydroxylation is 1. The minimum Gasteiger partial charge on any atom is -0.349 e. The molecule has 0 bridgehead atoms. The van der Waals surface area contributed by atoms with Gasteiger partial charge >= 0.3 is 17.8 Å². The molecule has 0 unspecified atom stereocenters. The van der Waals surface area contributed by atoms with Gasteiger partial charge in [-0.15, -0.1) is 0 Å². The highest BCUT2D eigenvalue weighted by Gasteiger charge is 2.44. The van der Waals surface area contributed by atoms with Crippen molar-refractivity contribution in [2.45, 2.75) is 40.7 Å². The highest BCUT2D eigenvalue weighted by Crippen LogP contribution is 2.18. The first kappa shape index (κ1) is 16.9. The van der Waals surface area contributed by atoms with E-state index >= 15 is 0 Å². The van der Waals surface area contributed by atoms with E-state index in [-0.39, 0.29) is 12.3 Å². The number of aromatic nitrogens is 1. The number of amides is 4. The molecule has 2 rings (SSSR count). The minimum atomic E-state index is -0.930. The number of urea groups is 1. The van der Waals surface area contributed by atoms with Crippen LogP contribution in [0.1, 0.15) is 42.0 Å². The van der Waals surface area contributed by atoms with E-state index in [0.717, 1.165) is 27.7 Å². The maximum atomic E-state index is 12.5. The van der Waals surface area contributed by atoms with E-state index in [2.05, 4.69) is 0 Å². The summed E-state index contributed by atoms with van der Waals surface area (Å²) >= 11 is 0. The summed E-state index contributed by atoms with van der Waals surface area (Å²) in [5, 5.41) is 0. The molecule has 4 amide bonds. The van der Waals surface area contributed by atoms with Crippen molar-refractivity contribution >= 4 is 23.6 Å². The first-order valence-electron chi connectivity index (χ1n) is 7.70. The van der Waals surface area contributed by atoms with Gasteiger partial charge in [0.05, 0.1) is 6.54 Å². The largest absolute Gasteiger partial charge is 0.349 e. The lowest BCUT2D eigenvalue weighted by Gasteiger charge is -2.14. The first-order valence-corrected chi connectivity index (χ1v) is 7.70. The van der Waals surface area contributed by atoms with Gasteiger partial charge in [-0.05, 0) is 33.3 Å². The van der Waals surface area contributed by atoms with Crippen molar-refractivity contribution in [3.63, 3.8) is 0 Å². The second-order valence-electron chi connectivity index (χ2n) is 5.58. The van der Waals surface area contributed by atoms with Gasteiger partial charge < -0.3 is 4.57 Å². The zero-order valence-electron chi connectivity index (χ0n) is 13.9. The summed E-state index contributed by atoms with van der Waals surface area (Å²) in [4.78, 5) is 50.0. The average Bonchev–Trinajstić information content (AvgIpc) is 2.91. The van der Waals surface area contributed by atoms with Gasteiger partial charge in [0.25, 0.3) is 0 Å². The van der Waals surface area contributed by atoms with Crippen molar-refractivity contribution < 1.29 is 19.2 Å². The van der Waals surface area contributed by atoms with E-state index in [1.807, 2.05) is 25.3 Å². The average molecular weight is 319 g/mol. The van der Waals surface area contributed by atoms with Gasteiger partial charge in [0, 0.05) is 30.0 Å². The number of carbonyl (C=O) groups excluding carboxylic acids is 4. The predicted molar refractivity (Wildman–Crippen MR) is 83.0 cm³/mol. The summed E-state index contributed by atoms with van der Waals surface area (Å²) in [7, 11) is 0. The van der Waals surface area contributed by atoms with Crippen molar-refractivity contribution in [3.8, 4) is 0 Å². The van der Waals surface area contributed by atoms with Crippen LogP contribution in [0.4, 0.5) is 4.79 Å². The van der Waals surface area contributed by atoms with E-state index < -0.39 is 24.4 Å². The molecule has 7 nitrogen and oxygen atoms in total. The lowest BCUT2D eigenvalue weighted by Crippen LogP contribution is -2.37. The minimum absolute atomic E-state index is 0.179. The summed E-state index contributed by atoms with van der Waals surface area (Å²) in [5.74, 6) is -2.13. The molecule has 7 heteroatoms. The Morgan fingerprint density at radius 2 is 1.65 bits per heavy atom. The highest BCUT2D eigenvalue weighted by atomic mass is 16.2. The Labute approximate surface area is 134 Å². The van der Waals surface area contributed by atoms with Gasteiger partial charge in [0.15, 0.2) is 5.78 Å². The van der Waals surface area contributed by atoms with Crippen molar-refractivity contribution in [1.29, 1.82) is 0 Å². The van der Waals surface area contributed by atoms with E-state index in [4.69, 9.17) is 0 Å². The lowest BCUT2D eigenvalue weighted by atomic mass is 10.1. The van der Waals surface area contributed by atoms with Crippen molar-refractivity contribution in [1.82, 2.24) is 14.4 Å². The summed E-state index contributed by atoms with van der Waals surface area (Å²) < 4.78 is 1.98. The second kappa shape index (κ2) is 6.36. The van der Waals surface area contributed by atoms with Crippen LogP contribution in [0, 0.1) is 13.8 Å². The highest BCUT2D eigenvalue weighted by molar-refractivity contribution is 6.45. The Hall–Kier alpha value is -2.44. The summed E-state index contributed by atoms with van der Waals surface area (Å²) in [5.41, 5.74) is 2.22. The zero-order chi connectivity index (χ0) is 17.3. The lowest BCUT2D eigenvalue weighted by molar-refractivity contribution is -0.143. The number of rotatable bonds is 6. The fourth-order valence-corrected chi connectivity index (χ4v) is 2.91. The molecule has 124 valence electrons. The van der Waals surface area contributed by atoms with Crippen molar-refractivity contribution in [3.05, 3.63) is 23.0 Å². The quantitative estimate of drug-likeness (QED) is 0.452. The third-order valence-corrected chi connectivity index (χ3v) is 4.07. The van der Waals surface area contributed by atoms with Crippen molar-refractivity contribution in [2.24, 2.45) is 0 Å². The van der Waals surface area contributed by atoms with Crippen LogP contribution < -0.4 is 0 Å². The molecular formula is C16H21N3O4. The molecule has 1 aromatic rings. The van der Waals surface area contributed by atoms with Crippen molar-refractivity contribution in [2.75, 3.05) is 13.1 Å². The fraction of sp³-hybridized carbons (Fsp3) is 0.500. The first-order chi connectivity index (χ1) is 10.8. The molecule has 0 atom stereocenters. The van der Waals surface area contributed by atoms with Gasteiger partial charge in [-0.2, -0.15) is 0 Å². The molecule has 2 heterocycles. The molecule has 23 heavy (non-hydrogen) atoms. The van der Waals surface area contributed by atoms with Crippen LogP contribution in [0.3, 0.4) is 0 Å². The molecule has 1 aromatic heterocycles. The molecule has 0 spiro atoms. The van der Waals surface area contributed by atoms with E-state index in [9.17, 15) is 19.2 Å². The second-order valence-corrected chi connectivity index (χ2v) is 5.58. The Morgan fingerprint density at radius 3 is 2.17 bits per heavy atom. The SMILES string of the molecule is CCCN1C(=O)C(=O)N(CC(=O)c2cc(C)n(CC)c2C)C1=O. The molecule has 1 aliphatic rings. The Balaban J connectivity index is 2.22. The van der Waals surface area contributed by atoms with Gasteiger partial charge in [-0.1, -0.05) is 6.92 Å². The topological polar surface area (TPSA) is 79.7 Å². The van der Waals surface area contributed by atoms with Gasteiger partial charge in [-0.25, -0.2) is 9.69 Å². The number of imide groups is 2. The molecular weight excluding hydrogens is 298 g/mol. The van der Waals surface area contributed by atoms with Gasteiger partial charge in [-0.3, -0.25) is 19.3 Å². The van der Waals surface area contributed by atoms with Crippen LogP contribution >= 0.6 is 0 Å². The number of ketones is 1. The Bertz CT molecular complexity index is 690. The van der Waals surface area contributed by atoms with Gasteiger partial charge in [0.2, 0.25) is 0 Å². The van der Waals surface area contributed by atoms with E-state index in [1.54, 1.807) is 13.0 Å². The summed E-state index contributed by atoms with van der Waals surface area (Å²) in [6, 6.07) is 1.04. The molecule has 1 aliphatic heterocycles. The van der Waals surface area contributed by atoms with Crippen LogP contribution in [-0.4, -0.2) is 51.1 Å². The smallest absolute Gasteiger partial charge is 0.334 e. The maximum Gasteiger partial charge on any atom is 0.334 e. The zero-order valence-corrected chi connectivity index (χ0v) is 13.9. The van der Waals surface area contributed by atoms with Crippen LogP contribution in [0.2, 0.25) is 0 Å². The number of Topliss-reactive ketones (excluding diaryl/α,β-unsaturated/α-hetero) is 1. The van der Waals surface area contributed by atoms with Gasteiger partial charge in [0.1, 0.15) is 0 Å². The number of carbonyl (C=O) groups is 4. The normalized spacial score (nSPS) is 15.0. The number of hydrogen-bond donors (Lipinski definition) is 0. The Morgan fingerprint density at radius 1 is 1.04 bits per heavy atom. The number of nitrogens with zero attached hydrogens (tertiary/aromatic N) is 3. The third kappa shape index (κ3) is 2.78. The molecule has 1 saturated heterocycles. The van der Waals surface area contributed by atoms with Crippen LogP contribution in [-0.2, 0) is 16.1 Å². The molecule has 0 aliphatic carbocycles. The van der Waals surface area contributed by atoms with E-state index in [0.29, 0.717) is 12.0 Å². The van der Waals surface area contributed by atoms with Crippen LogP contribution in [0.25, 0.3) is 0 Å². The van der Waals surface area contributed by atoms with Crippen LogP contribution in [0.5, 0.6) is 0 Å².